The van der Waals surface area contributed by atoms with Crippen LogP contribution in [0, 0.1) is 12.7 Å². The maximum absolute atomic E-state index is 13.3. The van der Waals surface area contributed by atoms with E-state index in [-0.39, 0.29) is 24.6 Å². The summed E-state index contributed by atoms with van der Waals surface area (Å²) in [5.41, 5.74) is 0.425. The Bertz CT molecular complexity index is 586. The molecule has 0 aliphatic rings. The zero-order valence-corrected chi connectivity index (χ0v) is 12.5. The van der Waals surface area contributed by atoms with Gasteiger partial charge < -0.3 is 4.74 Å². The third-order valence-corrected chi connectivity index (χ3v) is 4.79. The highest BCUT2D eigenvalue weighted by Crippen LogP contribution is 2.20. The third-order valence-electron chi connectivity index (χ3n) is 2.73. The summed E-state index contributed by atoms with van der Waals surface area (Å²) < 4.78 is 43.8. The zero-order chi connectivity index (χ0) is 15.3. The van der Waals surface area contributed by atoms with E-state index in [2.05, 4.69) is 0 Å². The summed E-state index contributed by atoms with van der Waals surface area (Å²) in [6.45, 7) is 4.70. The van der Waals surface area contributed by atoms with Gasteiger partial charge in [-0.15, -0.1) is 0 Å². The number of hydrogen-bond acceptors (Lipinski definition) is 4. The van der Waals surface area contributed by atoms with Crippen LogP contribution in [0.3, 0.4) is 0 Å². The predicted molar refractivity (Wildman–Crippen MR) is 72.2 cm³/mol. The third kappa shape index (κ3) is 3.77. The molecule has 7 heteroatoms. The van der Waals surface area contributed by atoms with Crippen LogP contribution in [-0.4, -0.2) is 38.4 Å². The molecule has 0 bridgehead atoms. The molecule has 0 heterocycles. The van der Waals surface area contributed by atoms with E-state index in [0.717, 1.165) is 10.4 Å². The quantitative estimate of drug-likeness (QED) is 0.751. The highest BCUT2D eigenvalue weighted by atomic mass is 32.2. The highest BCUT2D eigenvalue weighted by molar-refractivity contribution is 7.89. The normalized spacial score (nSPS) is 11.7. The SMILES string of the molecule is CCOC(=O)CN(CC)S(=O)(=O)c1cc(F)ccc1C. The van der Waals surface area contributed by atoms with Crippen molar-refractivity contribution in [2.24, 2.45) is 0 Å². The van der Waals surface area contributed by atoms with Crippen LogP contribution in [0.5, 0.6) is 0 Å². The van der Waals surface area contributed by atoms with Crippen LogP contribution in [0.25, 0.3) is 0 Å². The summed E-state index contributed by atoms with van der Waals surface area (Å²) in [4.78, 5) is 11.3. The molecule has 0 amide bonds. The fraction of sp³-hybridized carbons (Fsp3) is 0.462. The predicted octanol–water partition coefficient (Wildman–Crippen LogP) is 1.71. The molecule has 112 valence electrons. The monoisotopic (exact) mass is 303 g/mol. The number of nitrogens with zero attached hydrogens (tertiary/aromatic N) is 1. The summed E-state index contributed by atoms with van der Waals surface area (Å²) >= 11 is 0. The molecule has 0 spiro atoms. The van der Waals surface area contributed by atoms with Gasteiger partial charge in [0.15, 0.2) is 0 Å². The van der Waals surface area contributed by atoms with Gasteiger partial charge in [-0.2, -0.15) is 4.31 Å². The molecular weight excluding hydrogens is 285 g/mol. The number of carbonyl (C=O) groups is 1. The number of esters is 1. The summed E-state index contributed by atoms with van der Waals surface area (Å²) in [5, 5.41) is 0. The molecule has 5 nitrogen and oxygen atoms in total. The Morgan fingerprint density at radius 3 is 2.55 bits per heavy atom. The molecule has 0 aliphatic carbocycles. The van der Waals surface area contributed by atoms with Gasteiger partial charge in [0.05, 0.1) is 11.5 Å². The van der Waals surface area contributed by atoms with Crippen LogP contribution in [0.1, 0.15) is 19.4 Å². The molecule has 1 rings (SSSR count). The maximum Gasteiger partial charge on any atom is 0.321 e. The average Bonchev–Trinajstić information content (AvgIpc) is 2.38. The van der Waals surface area contributed by atoms with Crippen molar-refractivity contribution in [2.75, 3.05) is 19.7 Å². The Morgan fingerprint density at radius 2 is 2.00 bits per heavy atom. The number of benzene rings is 1. The number of hydrogen-bond donors (Lipinski definition) is 0. The van der Waals surface area contributed by atoms with Crippen molar-refractivity contribution in [2.45, 2.75) is 25.7 Å². The number of rotatable bonds is 6. The molecule has 0 saturated heterocycles. The van der Waals surface area contributed by atoms with Crippen LogP contribution in [0.4, 0.5) is 4.39 Å². The van der Waals surface area contributed by atoms with Gasteiger partial charge in [0.2, 0.25) is 10.0 Å². The van der Waals surface area contributed by atoms with Crippen LogP contribution >= 0.6 is 0 Å². The zero-order valence-electron chi connectivity index (χ0n) is 11.7. The van der Waals surface area contributed by atoms with Gasteiger partial charge in [0.25, 0.3) is 0 Å². The molecular formula is C13H18FNO4S. The van der Waals surface area contributed by atoms with Crippen LogP contribution in [0.2, 0.25) is 0 Å². The average molecular weight is 303 g/mol. The number of sulfonamides is 1. The minimum atomic E-state index is -3.93. The van der Waals surface area contributed by atoms with E-state index < -0.39 is 21.8 Å². The molecule has 0 unspecified atom stereocenters. The number of halogens is 1. The highest BCUT2D eigenvalue weighted by Gasteiger charge is 2.27. The first kappa shape index (κ1) is 16.6. The lowest BCUT2D eigenvalue weighted by molar-refractivity contribution is -0.143. The standard InChI is InChI=1S/C13H18FNO4S/c1-4-15(9-13(16)19-5-2)20(17,18)12-8-11(14)7-6-10(12)3/h6-8H,4-5,9H2,1-3H3. The van der Waals surface area contributed by atoms with E-state index in [4.69, 9.17) is 4.74 Å². The van der Waals surface area contributed by atoms with Crippen LogP contribution < -0.4 is 0 Å². The van der Waals surface area contributed by atoms with Gasteiger partial charge in [0.1, 0.15) is 12.4 Å². The van der Waals surface area contributed by atoms with E-state index in [1.807, 2.05) is 0 Å². The molecule has 0 aromatic heterocycles. The Labute approximate surface area is 118 Å². The molecule has 20 heavy (non-hydrogen) atoms. The Morgan fingerprint density at radius 1 is 1.35 bits per heavy atom. The molecule has 0 aliphatic heterocycles. The van der Waals surface area contributed by atoms with Crippen molar-refractivity contribution in [1.29, 1.82) is 0 Å². The number of aryl methyl sites for hydroxylation is 1. The lowest BCUT2D eigenvalue weighted by atomic mass is 10.2. The lowest BCUT2D eigenvalue weighted by Crippen LogP contribution is -2.36. The molecule has 0 saturated carbocycles. The van der Waals surface area contributed by atoms with Gasteiger partial charge in [-0.05, 0) is 31.5 Å². The minimum absolute atomic E-state index is 0.0943. The summed E-state index contributed by atoms with van der Waals surface area (Å²) in [7, 11) is -3.93. The first-order valence-corrected chi connectivity index (χ1v) is 7.68. The number of likely N-dealkylation sites (N-methyl/N-ethyl adjacent to an activating group) is 1. The van der Waals surface area contributed by atoms with Crippen molar-refractivity contribution in [1.82, 2.24) is 4.31 Å². The topological polar surface area (TPSA) is 63.7 Å². The Hall–Kier alpha value is -1.47. The second-order valence-corrected chi connectivity index (χ2v) is 6.05. The van der Waals surface area contributed by atoms with Gasteiger partial charge >= 0.3 is 5.97 Å². The second kappa shape index (κ2) is 6.81. The minimum Gasteiger partial charge on any atom is -0.465 e. The fourth-order valence-corrected chi connectivity index (χ4v) is 3.34. The molecule has 0 fully saturated rings. The molecule has 0 atom stereocenters. The van der Waals surface area contributed by atoms with Crippen molar-refractivity contribution in [3.8, 4) is 0 Å². The van der Waals surface area contributed by atoms with E-state index in [9.17, 15) is 17.6 Å². The molecule has 1 aromatic rings. The van der Waals surface area contributed by atoms with Crippen LogP contribution in [0.15, 0.2) is 23.1 Å². The number of carbonyl (C=O) groups excluding carboxylic acids is 1. The van der Waals surface area contributed by atoms with Gasteiger partial charge in [-0.1, -0.05) is 13.0 Å². The maximum atomic E-state index is 13.3. The Balaban J connectivity index is 3.12. The van der Waals surface area contributed by atoms with E-state index in [1.165, 1.54) is 12.1 Å². The van der Waals surface area contributed by atoms with Crippen molar-refractivity contribution >= 4 is 16.0 Å². The lowest BCUT2D eigenvalue weighted by Gasteiger charge is -2.20. The van der Waals surface area contributed by atoms with Gasteiger partial charge in [0, 0.05) is 6.54 Å². The molecule has 0 radical (unpaired) electrons. The molecule has 0 N–H and O–H groups in total. The first-order valence-electron chi connectivity index (χ1n) is 6.24. The van der Waals surface area contributed by atoms with Gasteiger partial charge in [-0.25, -0.2) is 12.8 Å². The Kier molecular flexibility index (Phi) is 5.64. The van der Waals surface area contributed by atoms with E-state index >= 15 is 0 Å². The summed E-state index contributed by atoms with van der Waals surface area (Å²) in [5.74, 6) is -1.27. The smallest absolute Gasteiger partial charge is 0.321 e. The second-order valence-electron chi connectivity index (χ2n) is 4.15. The van der Waals surface area contributed by atoms with Gasteiger partial charge in [-0.3, -0.25) is 4.79 Å². The van der Waals surface area contributed by atoms with Crippen molar-refractivity contribution < 1.29 is 22.3 Å². The summed E-state index contributed by atoms with van der Waals surface area (Å²) in [6.07, 6.45) is 0. The van der Waals surface area contributed by atoms with Crippen molar-refractivity contribution in [3.05, 3.63) is 29.6 Å². The molecule has 1 aromatic carbocycles. The van der Waals surface area contributed by atoms with E-state index in [1.54, 1.807) is 20.8 Å². The number of ether oxygens (including phenoxy) is 1. The van der Waals surface area contributed by atoms with Crippen LogP contribution in [-0.2, 0) is 19.6 Å². The van der Waals surface area contributed by atoms with Crippen molar-refractivity contribution in [3.63, 3.8) is 0 Å². The first-order chi connectivity index (χ1) is 9.32. The van der Waals surface area contributed by atoms with E-state index in [0.29, 0.717) is 5.56 Å². The summed E-state index contributed by atoms with van der Waals surface area (Å²) in [6, 6.07) is 3.54. The fourth-order valence-electron chi connectivity index (χ4n) is 1.71. The largest absolute Gasteiger partial charge is 0.465 e.